The van der Waals surface area contributed by atoms with Gasteiger partial charge >= 0.3 is 0 Å². The average Bonchev–Trinajstić information content (AvgIpc) is 2.82. The van der Waals surface area contributed by atoms with Gasteiger partial charge in [-0.2, -0.15) is 0 Å². The van der Waals surface area contributed by atoms with Gasteiger partial charge < -0.3 is 5.11 Å². The van der Waals surface area contributed by atoms with Crippen molar-refractivity contribution in [2.45, 2.75) is 64.7 Å². The highest BCUT2D eigenvalue weighted by Crippen LogP contribution is 2.65. The van der Waals surface area contributed by atoms with Gasteiger partial charge in [-0.05, 0) is 62.2 Å². The van der Waals surface area contributed by atoms with Crippen LogP contribution >= 0.6 is 0 Å². The van der Waals surface area contributed by atoms with Crippen molar-refractivity contribution in [1.82, 2.24) is 0 Å². The van der Waals surface area contributed by atoms with Crippen LogP contribution in [0.15, 0.2) is 0 Å². The van der Waals surface area contributed by atoms with Crippen LogP contribution in [-0.4, -0.2) is 23.3 Å². The molecule has 4 saturated carbocycles. The lowest BCUT2D eigenvalue weighted by Crippen LogP contribution is -2.56. The molecular weight excluding hydrogens is 276 g/mol. The fourth-order valence-corrected chi connectivity index (χ4v) is 6.93. The Balaban J connectivity index is 1.68. The Labute approximate surface area is 132 Å². The summed E-state index contributed by atoms with van der Waals surface area (Å²) in [6, 6.07) is 0. The van der Waals surface area contributed by atoms with Gasteiger partial charge in [0.15, 0.2) is 0 Å². The fraction of sp³-hybridized carbons (Fsp3) is 0.895. The number of carbonyl (C=O) groups is 2. The lowest BCUT2D eigenvalue weighted by atomic mass is 9.45. The van der Waals surface area contributed by atoms with Crippen molar-refractivity contribution in [3.05, 3.63) is 0 Å². The molecule has 6 unspecified atom stereocenters. The SMILES string of the molecule is CC12CCC3C(CCC4CC(=O)CCC43CO)C1CCC2=O. The molecule has 3 heteroatoms. The lowest BCUT2D eigenvalue weighted by molar-refractivity contribution is -0.154. The Morgan fingerprint density at radius 3 is 2.64 bits per heavy atom. The largest absolute Gasteiger partial charge is 0.396 e. The molecule has 4 rings (SSSR count). The van der Waals surface area contributed by atoms with E-state index in [1.807, 2.05) is 0 Å². The second-order valence-corrected chi connectivity index (χ2v) is 8.70. The van der Waals surface area contributed by atoms with Crippen LogP contribution in [0.4, 0.5) is 0 Å². The van der Waals surface area contributed by atoms with Crippen molar-refractivity contribution >= 4 is 11.6 Å². The molecule has 0 heterocycles. The summed E-state index contributed by atoms with van der Waals surface area (Å²) in [5.41, 5.74) is -0.112. The zero-order valence-corrected chi connectivity index (χ0v) is 13.6. The Morgan fingerprint density at radius 2 is 1.86 bits per heavy atom. The molecule has 0 aliphatic heterocycles. The minimum atomic E-state index is -0.0882. The Morgan fingerprint density at radius 1 is 1.05 bits per heavy atom. The molecule has 0 spiro atoms. The third-order valence-electron chi connectivity index (χ3n) is 8.18. The summed E-state index contributed by atoms with van der Waals surface area (Å²) in [7, 11) is 0. The molecule has 0 aromatic carbocycles. The Hall–Kier alpha value is -0.700. The molecule has 0 radical (unpaired) electrons. The summed E-state index contributed by atoms with van der Waals surface area (Å²) in [4.78, 5) is 24.3. The van der Waals surface area contributed by atoms with Crippen LogP contribution in [0.25, 0.3) is 0 Å². The number of hydrogen-bond acceptors (Lipinski definition) is 3. The summed E-state index contributed by atoms with van der Waals surface area (Å²) in [5.74, 6) is 2.93. The normalized spacial score (nSPS) is 51.2. The maximum absolute atomic E-state index is 12.4. The van der Waals surface area contributed by atoms with Gasteiger partial charge in [-0.3, -0.25) is 9.59 Å². The monoisotopic (exact) mass is 304 g/mol. The van der Waals surface area contributed by atoms with E-state index in [1.165, 1.54) is 0 Å². The van der Waals surface area contributed by atoms with Crippen LogP contribution in [0.5, 0.6) is 0 Å². The molecule has 3 nitrogen and oxygen atoms in total. The first-order chi connectivity index (χ1) is 10.5. The smallest absolute Gasteiger partial charge is 0.139 e. The van der Waals surface area contributed by atoms with Crippen LogP contribution in [0.2, 0.25) is 0 Å². The molecule has 22 heavy (non-hydrogen) atoms. The Kier molecular flexibility index (Phi) is 3.31. The molecule has 0 aromatic heterocycles. The van der Waals surface area contributed by atoms with Gasteiger partial charge in [0.05, 0.1) is 0 Å². The highest BCUT2D eigenvalue weighted by atomic mass is 16.3. The van der Waals surface area contributed by atoms with Crippen molar-refractivity contribution < 1.29 is 14.7 Å². The highest BCUT2D eigenvalue weighted by molar-refractivity contribution is 5.87. The minimum absolute atomic E-state index is 0.0240. The number of carbonyl (C=O) groups excluding carboxylic acids is 2. The second kappa shape index (κ2) is 4.90. The van der Waals surface area contributed by atoms with E-state index in [1.54, 1.807) is 0 Å². The van der Waals surface area contributed by atoms with Crippen LogP contribution in [0.1, 0.15) is 64.7 Å². The van der Waals surface area contributed by atoms with Crippen LogP contribution in [0.3, 0.4) is 0 Å². The van der Waals surface area contributed by atoms with Crippen molar-refractivity contribution in [1.29, 1.82) is 0 Å². The van der Waals surface area contributed by atoms with Gasteiger partial charge in [0, 0.05) is 36.7 Å². The van der Waals surface area contributed by atoms with E-state index in [0.717, 1.165) is 44.9 Å². The van der Waals surface area contributed by atoms with Crippen molar-refractivity contribution in [2.75, 3.05) is 6.61 Å². The first kappa shape index (κ1) is 14.9. The molecule has 0 saturated heterocycles. The van der Waals surface area contributed by atoms with Gasteiger partial charge in [-0.25, -0.2) is 0 Å². The van der Waals surface area contributed by atoms with Gasteiger partial charge in [-0.1, -0.05) is 6.92 Å². The first-order valence-corrected chi connectivity index (χ1v) is 9.17. The molecule has 0 amide bonds. The predicted molar refractivity (Wildman–Crippen MR) is 83.2 cm³/mol. The minimum Gasteiger partial charge on any atom is -0.396 e. The van der Waals surface area contributed by atoms with E-state index in [2.05, 4.69) is 6.92 Å². The molecule has 1 N–H and O–H groups in total. The van der Waals surface area contributed by atoms with E-state index in [4.69, 9.17) is 0 Å². The number of fused-ring (bicyclic) bond motifs is 5. The van der Waals surface area contributed by atoms with Crippen LogP contribution in [0, 0.1) is 34.5 Å². The number of ketones is 2. The molecule has 0 bridgehead atoms. The van der Waals surface area contributed by atoms with E-state index in [9.17, 15) is 14.7 Å². The molecule has 6 atom stereocenters. The average molecular weight is 304 g/mol. The van der Waals surface area contributed by atoms with Crippen LogP contribution in [-0.2, 0) is 9.59 Å². The van der Waals surface area contributed by atoms with Gasteiger partial charge in [0.25, 0.3) is 0 Å². The molecule has 4 aliphatic rings. The number of rotatable bonds is 1. The maximum Gasteiger partial charge on any atom is 0.139 e. The zero-order valence-electron chi connectivity index (χ0n) is 13.6. The lowest BCUT2D eigenvalue weighted by Gasteiger charge is -2.59. The van der Waals surface area contributed by atoms with Crippen molar-refractivity contribution in [3.8, 4) is 0 Å². The molecule has 4 fully saturated rings. The summed E-state index contributed by atoms with van der Waals surface area (Å²) in [6.45, 7) is 2.44. The summed E-state index contributed by atoms with van der Waals surface area (Å²) < 4.78 is 0. The third-order valence-corrected chi connectivity index (χ3v) is 8.18. The highest BCUT2D eigenvalue weighted by Gasteiger charge is 2.61. The first-order valence-electron chi connectivity index (χ1n) is 9.17. The van der Waals surface area contributed by atoms with Gasteiger partial charge in [0.2, 0.25) is 0 Å². The van der Waals surface area contributed by atoms with Gasteiger partial charge in [0.1, 0.15) is 11.6 Å². The maximum atomic E-state index is 12.4. The zero-order chi connectivity index (χ0) is 15.5. The summed E-state index contributed by atoms with van der Waals surface area (Å²) in [6.07, 6.45) is 8.36. The quantitative estimate of drug-likeness (QED) is 0.809. The third kappa shape index (κ3) is 1.78. The molecule has 4 aliphatic carbocycles. The molecular formula is C19H28O3. The van der Waals surface area contributed by atoms with E-state index in [-0.39, 0.29) is 17.4 Å². The van der Waals surface area contributed by atoms with E-state index >= 15 is 0 Å². The second-order valence-electron chi connectivity index (χ2n) is 8.70. The topological polar surface area (TPSA) is 54.4 Å². The number of aliphatic hydroxyl groups is 1. The Bertz CT molecular complexity index is 513. The molecule has 0 aromatic rings. The molecule has 122 valence electrons. The number of Topliss-reactive ketones (excluding diaryl/α,β-unsaturated/α-hetero) is 2. The summed E-state index contributed by atoms with van der Waals surface area (Å²) in [5, 5.41) is 10.3. The van der Waals surface area contributed by atoms with E-state index in [0.29, 0.717) is 48.1 Å². The predicted octanol–water partition coefficient (Wildman–Crippen LogP) is 3.14. The van der Waals surface area contributed by atoms with Gasteiger partial charge in [-0.15, -0.1) is 0 Å². The van der Waals surface area contributed by atoms with Crippen molar-refractivity contribution in [3.63, 3.8) is 0 Å². The van der Waals surface area contributed by atoms with Crippen LogP contribution < -0.4 is 0 Å². The fourth-order valence-electron chi connectivity index (χ4n) is 6.93. The standard InChI is InChI=1S/C19H28O3/c1-18-8-7-16-14(15(18)4-5-17(18)22)3-2-12-10-13(21)6-9-19(12,16)11-20/h12,14-16,20H,2-11H2,1H3. The summed E-state index contributed by atoms with van der Waals surface area (Å²) >= 11 is 0. The number of aliphatic hydroxyl groups excluding tert-OH is 1. The number of hydrogen-bond donors (Lipinski definition) is 1. The van der Waals surface area contributed by atoms with Crippen molar-refractivity contribution in [2.24, 2.45) is 34.5 Å². The van der Waals surface area contributed by atoms with E-state index < -0.39 is 0 Å².